The number of carbonyl (C=O) groups excluding carboxylic acids is 1. The molecule has 0 saturated heterocycles. The van der Waals surface area contributed by atoms with Crippen LogP contribution in [0.25, 0.3) is 0 Å². The fraction of sp³-hybridized carbons (Fsp3) is 0.417. The molecule has 1 aromatic rings. The Balaban J connectivity index is 2.57. The first-order chi connectivity index (χ1) is 8.02. The van der Waals surface area contributed by atoms with Crippen LogP contribution in [0.1, 0.15) is 6.42 Å². The predicted octanol–water partition coefficient (Wildman–Crippen LogP) is 1.56. The average Bonchev–Trinajstić information content (AvgIpc) is 2.30. The van der Waals surface area contributed by atoms with E-state index in [-0.39, 0.29) is 11.9 Å². The first-order valence-corrected chi connectivity index (χ1v) is 5.83. The maximum absolute atomic E-state index is 11.6. The molecule has 1 aromatic carbocycles. The first-order valence-electron chi connectivity index (χ1n) is 5.45. The predicted molar refractivity (Wildman–Crippen MR) is 71.2 cm³/mol. The van der Waals surface area contributed by atoms with Crippen molar-refractivity contribution < 1.29 is 4.79 Å². The van der Waals surface area contributed by atoms with E-state index in [1.54, 1.807) is 31.1 Å². The quantitative estimate of drug-likeness (QED) is 0.840. The molecule has 1 unspecified atom stereocenters. The van der Waals surface area contributed by atoms with E-state index in [2.05, 4.69) is 5.32 Å². The van der Waals surface area contributed by atoms with Crippen LogP contribution < -0.4 is 11.1 Å². The number of hydrogen-bond donors (Lipinski definition) is 2. The summed E-state index contributed by atoms with van der Waals surface area (Å²) in [4.78, 5) is 13.1. The van der Waals surface area contributed by atoms with E-state index in [1.165, 1.54) is 0 Å². The fourth-order valence-electron chi connectivity index (χ4n) is 1.37. The number of benzene rings is 1. The molecule has 1 amide bonds. The Labute approximate surface area is 107 Å². The fourth-order valence-corrected chi connectivity index (χ4v) is 1.49. The summed E-state index contributed by atoms with van der Waals surface area (Å²) < 4.78 is 0. The van der Waals surface area contributed by atoms with E-state index in [4.69, 9.17) is 17.3 Å². The van der Waals surface area contributed by atoms with Crippen LogP contribution in [0.3, 0.4) is 0 Å². The molecule has 0 aliphatic rings. The molecule has 0 bridgehead atoms. The van der Waals surface area contributed by atoms with Gasteiger partial charge in [-0.3, -0.25) is 4.79 Å². The maximum Gasteiger partial charge on any atom is 0.224 e. The second-order valence-electron chi connectivity index (χ2n) is 4.08. The van der Waals surface area contributed by atoms with Crippen LogP contribution in [-0.4, -0.2) is 37.5 Å². The molecule has 0 aliphatic heterocycles. The maximum atomic E-state index is 11.6. The zero-order valence-corrected chi connectivity index (χ0v) is 10.9. The van der Waals surface area contributed by atoms with Crippen LogP contribution in [0.5, 0.6) is 0 Å². The zero-order valence-electron chi connectivity index (χ0n) is 10.1. The number of nitrogens with zero attached hydrogens (tertiary/aromatic N) is 1. The molecule has 4 nitrogen and oxygen atoms in total. The van der Waals surface area contributed by atoms with Crippen molar-refractivity contribution in [3.05, 3.63) is 29.3 Å². The average molecular weight is 256 g/mol. The molecule has 0 heterocycles. The second kappa shape index (κ2) is 6.47. The highest BCUT2D eigenvalue weighted by Gasteiger charge is 2.13. The van der Waals surface area contributed by atoms with Gasteiger partial charge in [-0.15, -0.1) is 0 Å². The lowest BCUT2D eigenvalue weighted by Crippen LogP contribution is -2.35. The van der Waals surface area contributed by atoms with Crippen molar-refractivity contribution in [3.63, 3.8) is 0 Å². The number of hydrogen-bond acceptors (Lipinski definition) is 3. The van der Waals surface area contributed by atoms with E-state index < -0.39 is 0 Å². The van der Waals surface area contributed by atoms with Crippen molar-refractivity contribution in [1.29, 1.82) is 0 Å². The molecule has 0 aliphatic carbocycles. The lowest BCUT2D eigenvalue weighted by atomic mass is 10.1. The van der Waals surface area contributed by atoms with E-state index in [0.29, 0.717) is 18.0 Å². The minimum atomic E-state index is -0.0638. The molecule has 0 saturated carbocycles. The summed E-state index contributed by atoms with van der Waals surface area (Å²) in [6, 6.07) is 7.26. The molecule has 94 valence electrons. The Morgan fingerprint density at radius 1 is 1.41 bits per heavy atom. The van der Waals surface area contributed by atoms with Gasteiger partial charge in [-0.25, -0.2) is 0 Å². The number of amides is 1. The summed E-state index contributed by atoms with van der Waals surface area (Å²) in [5.41, 5.74) is 6.55. The monoisotopic (exact) mass is 255 g/mol. The minimum Gasteiger partial charge on any atom is -0.381 e. The molecule has 0 radical (unpaired) electrons. The van der Waals surface area contributed by atoms with Crippen molar-refractivity contribution in [3.8, 4) is 0 Å². The summed E-state index contributed by atoms with van der Waals surface area (Å²) in [7, 11) is 3.47. The van der Waals surface area contributed by atoms with Crippen molar-refractivity contribution in [2.45, 2.75) is 12.5 Å². The SMILES string of the molecule is CN(C)C(=O)CC(CN)Nc1ccc(Cl)cc1. The van der Waals surface area contributed by atoms with E-state index in [1.807, 2.05) is 12.1 Å². The summed E-state index contributed by atoms with van der Waals surface area (Å²) >= 11 is 5.79. The largest absolute Gasteiger partial charge is 0.381 e. The van der Waals surface area contributed by atoms with Gasteiger partial charge >= 0.3 is 0 Å². The summed E-state index contributed by atoms with van der Waals surface area (Å²) in [5, 5.41) is 3.89. The number of nitrogens with two attached hydrogens (primary N) is 1. The van der Waals surface area contributed by atoms with Crippen LogP contribution in [0.2, 0.25) is 5.02 Å². The van der Waals surface area contributed by atoms with E-state index >= 15 is 0 Å². The Hall–Kier alpha value is -1.26. The smallest absolute Gasteiger partial charge is 0.224 e. The Bertz CT molecular complexity index is 365. The molecule has 5 heteroatoms. The Morgan fingerprint density at radius 2 is 2.00 bits per heavy atom. The van der Waals surface area contributed by atoms with Gasteiger partial charge in [0.15, 0.2) is 0 Å². The molecule has 0 fully saturated rings. The number of rotatable bonds is 5. The number of nitrogens with one attached hydrogen (secondary N) is 1. The van der Waals surface area contributed by atoms with Gasteiger partial charge in [0.25, 0.3) is 0 Å². The van der Waals surface area contributed by atoms with Crippen LogP contribution in [0, 0.1) is 0 Å². The molecular formula is C12H18ClN3O. The van der Waals surface area contributed by atoms with Gasteiger partial charge in [-0.05, 0) is 24.3 Å². The van der Waals surface area contributed by atoms with Crippen LogP contribution >= 0.6 is 11.6 Å². The van der Waals surface area contributed by atoms with Gasteiger partial charge in [-0.2, -0.15) is 0 Å². The zero-order chi connectivity index (χ0) is 12.8. The Morgan fingerprint density at radius 3 is 2.47 bits per heavy atom. The lowest BCUT2D eigenvalue weighted by Gasteiger charge is -2.19. The van der Waals surface area contributed by atoms with Crippen molar-refractivity contribution in [1.82, 2.24) is 4.90 Å². The third kappa shape index (κ3) is 4.63. The standard InChI is InChI=1S/C12H18ClN3O/c1-16(2)12(17)7-11(8-14)15-10-5-3-9(13)4-6-10/h3-6,11,15H,7-8,14H2,1-2H3. The van der Waals surface area contributed by atoms with Crippen LogP contribution in [0.15, 0.2) is 24.3 Å². The number of anilines is 1. The number of halogens is 1. The highest BCUT2D eigenvalue weighted by Crippen LogP contribution is 2.14. The van der Waals surface area contributed by atoms with Gasteiger partial charge in [0.1, 0.15) is 0 Å². The van der Waals surface area contributed by atoms with Crippen molar-refractivity contribution in [2.75, 3.05) is 26.0 Å². The van der Waals surface area contributed by atoms with Gasteiger partial charge < -0.3 is 16.0 Å². The number of carbonyl (C=O) groups is 1. The summed E-state index contributed by atoms with van der Waals surface area (Å²) in [5.74, 6) is 0.0573. The summed E-state index contributed by atoms with van der Waals surface area (Å²) in [6.45, 7) is 0.405. The molecule has 1 rings (SSSR count). The third-order valence-electron chi connectivity index (χ3n) is 2.42. The van der Waals surface area contributed by atoms with Gasteiger partial charge in [0.2, 0.25) is 5.91 Å². The molecule has 0 spiro atoms. The van der Waals surface area contributed by atoms with E-state index in [0.717, 1.165) is 5.69 Å². The van der Waals surface area contributed by atoms with Gasteiger partial charge in [0, 0.05) is 43.8 Å². The topological polar surface area (TPSA) is 58.4 Å². The van der Waals surface area contributed by atoms with Crippen molar-refractivity contribution in [2.24, 2.45) is 5.73 Å². The summed E-state index contributed by atoms with van der Waals surface area (Å²) in [6.07, 6.45) is 0.381. The highest BCUT2D eigenvalue weighted by atomic mass is 35.5. The third-order valence-corrected chi connectivity index (χ3v) is 2.67. The molecule has 1 atom stereocenters. The molecule has 0 aromatic heterocycles. The van der Waals surface area contributed by atoms with E-state index in [9.17, 15) is 4.79 Å². The van der Waals surface area contributed by atoms with Crippen LogP contribution in [0.4, 0.5) is 5.69 Å². The molecule has 3 N–H and O–H groups in total. The lowest BCUT2D eigenvalue weighted by molar-refractivity contribution is -0.128. The highest BCUT2D eigenvalue weighted by molar-refractivity contribution is 6.30. The molecule has 17 heavy (non-hydrogen) atoms. The molecular weight excluding hydrogens is 238 g/mol. The van der Waals surface area contributed by atoms with Crippen LogP contribution in [-0.2, 0) is 4.79 Å². The minimum absolute atomic E-state index is 0.0573. The van der Waals surface area contributed by atoms with Crippen molar-refractivity contribution >= 4 is 23.2 Å². The first kappa shape index (κ1) is 13.8. The van der Waals surface area contributed by atoms with Gasteiger partial charge in [0.05, 0.1) is 0 Å². The second-order valence-corrected chi connectivity index (χ2v) is 4.51. The normalized spacial score (nSPS) is 12.0. The van der Waals surface area contributed by atoms with Gasteiger partial charge in [-0.1, -0.05) is 11.6 Å². The Kier molecular flexibility index (Phi) is 5.25.